The van der Waals surface area contributed by atoms with Crippen LogP contribution in [0.3, 0.4) is 0 Å². The van der Waals surface area contributed by atoms with Crippen molar-refractivity contribution >= 4 is 33.3 Å². The number of alkyl halides is 1. The number of carbonyl (C=O) groups excluding carboxylic acids is 2. The topological polar surface area (TPSA) is 52.6 Å². The van der Waals surface area contributed by atoms with Crippen LogP contribution in [0.25, 0.3) is 0 Å². The number of carbonyl (C=O) groups is 2. The van der Waals surface area contributed by atoms with Crippen LogP contribution in [-0.4, -0.2) is 30.8 Å². The van der Waals surface area contributed by atoms with E-state index in [4.69, 9.17) is 16.1 Å². The van der Waals surface area contributed by atoms with Gasteiger partial charge in [-0.05, 0) is 25.2 Å². The van der Waals surface area contributed by atoms with Crippen molar-refractivity contribution in [1.29, 1.82) is 0 Å². The first kappa shape index (κ1) is 17.9. The summed E-state index contributed by atoms with van der Waals surface area (Å²) >= 11 is 6.32. The van der Waals surface area contributed by atoms with Crippen molar-refractivity contribution in [3.05, 3.63) is 0 Å². The molecular formula is C14H24ClO4P. The molecule has 0 aliphatic heterocycles. The highest BCUT2D eigenvalue weighted by molar-refractivity contribution is 7.09. The number of ether oxygens (including phenoxy) is 1. The monoisotopic (exact) mass is 322 g/mol. The lowest BCUT2D eigenvalue weighted by molar-refractivity contribution is -0.140. The van der Waals surface area contributed by atoms with E-state index in [0.29, 0.717) is 6.42 Å². The molecule has 1 aliphatic rings. The molecule has 0 aromatic rings. The maximum Gasteiger partial charge on any atom is 0.305 e. The highest BCUT2D eigenvalue weighted by Gasteiger charge is 2.42. The summed E-state index contributed by atoms with van der Waals surface area (Å²) < 4.78 is 9.84. The predicted molar refractivity (Wildman–Crippen MR) is 81.6 cm³/mol. The van der Waals surface area contributed by atoms with E-state index in [1.807, 2.05) is 0 Å². The molecule has 1 saturated carbocycles. The molecule has 0 spiro atoms. The molecule has 0 radical (unpaired) electrons. The second kappa shape index (κ2) is 9.70. The van der Waals surface area contributed by atoms with E-state index in [-0.39, 0.29) is 29.3 Å². The molecule has 4 unspecified atom stereocenters. The van der Waals surface area contributed by atoms with Crippen molar-refractivity contribution in [1.82, 2.24) is 0 Å². The minimum absolute atomic E-state index is 0.0193. The van der Waals surface area contributed by atoms with Gasteiger partial charge in [0.15, 0.2) is 0 Å². The number of hydrogen-bond acceptors (Lipinski definition) is 4. The van der Waals surface area contributed by atoms with Crippen LogP contribution in [0.5, 0.6) is 0 Å². The van der Waals surface area contributed by atoms with Crippen LogP contribution in [0, 0.1) is 11.8 Å². The summed E-state index contributed by atoms with van der Waals surface area (Å²) in [5.41, 5.74) is 0. The molecule has 1 rings (SSSR count). The zero-order valence-electron chi connectivity index (χ0n) is 11.9. The van der Waals surface area contributed by atoms with Crippen LogP contribution < -0.4 is 0 Å². The van der Waals surface area contributed by atoms with Gasteiger partial charge < -0.3 is 14.1 Å². The standard InChI is InChI=1S/C14H24ClO4P/c1-18-14(17)7-5-3-2-4-6-10-11(9-16)13(19-20)8-12(10)15/h9-13H,2-8,20H2,1H3/t10-,11?,12?,13?/m1/s1. The van der Waals surface area contributed by atoms with E-state index in [1.165, 1.54) is 7.11 Å². The zero-order valence-corrected chi connectivity index (χ0v) is 13.8. The Labute approximate surface area is 128 Å². The lowest BCUT2D eigenvalue weighted by atomic mass is 9.90. The van der Waals surface area contributed by atoms with Gasteiger partial charge in [0.2, 0.25) is 0 Å². The summed E-state index contributed by atoms with van der Waals surface area (Å²) in [6.45, 7) is 0. The number of unbranched alkanes of at least 4 members (excludes halogenated alkanes) is 3. The second-order valence-corrected chi connectivity index (χ2v) is 6.17. The smallest absolute Gasteiger partial charge is 0.305 e. The van der Waals surface area contributed by atoms with Crippen molar-refractivity contribution in [3.8, 4) is 0 Å². The van der Waals surface area contributed by atoms with Gasteiger partial charge in [-0.15, -0.1) is 11.6 Å². The maximum absolute atomic E-state index is 11.2. The summed E-state index contributed by atoms with van der Waals surface area (Å²) in [4.78, 5) is 22.1. The Kier molecular flexibility index (Phi) is 8.67. The van der Waals surface area contributed by atoms with Crippen molar-refractivity contribution < 1.29 is 18.8 Å². The lowest BCUT2D eigenvalue weighted by Gasteiger charge is -2.19. The number of halogens is 1. The fraction of sp³-hybridized carbons (Fsp3) is 0.857. The number of aldehydes is 1. The van der Waals surface area contributed by atoms with Crippen LogP contribution in [0.4, 0.5) is 0 Å². The van der Waals surface area contributed by atoms with Crippen LogP contribution in [0.15, 0.2) is 0 Å². The molecule has 0 N–H and O–H groups in total. The van der Waals surface area contributed by atoms with Gasteiger partial charge in [-0.3, -0.25) is 4.79 Å². The van der Waals surface area contributed by atoms with Gasteiger partial charge in [0.25, 0.3) is 0 Å². The average molecular weight is 323 g/mol. The first-order valence-corrected chi connectivity index (χ1v) is 8.06. The van der Waals surface area contributed by atoms with Gasteiger partial charge in [-0.2, -0.15) is 0 Å². The van der Waals surface area contributed by atoms with E-state index in [9.17, 15) is 9.59 Å². The largest absolute Gasteiger partial charge is 0.469 e. The van der Waals surface area contributed by atoms with Gasteiger partial charge in [-0.1, -0.05) is 19.3 Å². The minimum atomic E-state index is -0.150. The molecule has 6 heteroatoms. The fourth-order valence-electron chi connectivity index (χ4n) is 2.88. The summed E-state index contributed by atoms with van der Waals surface area (Å²) in [5, 5.41) is 0.0193. The molecule has 4 nitrogen and oxygen atoms in total. The number of rotatable bonds is 9. The molecule has 0 amide bonds. The number of hydrogen-bond donors (Lipinski definition) is 0. The van der Waals surface area contributed by atoms with E-state index < -0.39 is 0 Å². The Morgan fingerprint density at radius 1 is 1.35 bits per heavy atom. The molecule has 20 heavy (non-hydrogen) atoms. The van der Waals surface area contributed by atoms with Crippen LogP contribution in [0.2, 0.25) is 0 Å². The summed E-state index contributed by atoms with van der Waals surface area (Å²) in [6.07, 6.45) is 7.03. The highest BCUT2D eigenvalue weighted by Crippen LogP contribution is 2.40. The molecule has 0 saturated heterocycles. The van der Waals surface area contributed by atoms with E-state index >= 15 is 0 Å². The first-order chi connectivity index (χ1) is 9.63. The van der Waals surface area contributed by atoms with E-state index in [0.717, 1.165) is 44.8 Å². The van der Waals surface area contributed by atoms with E-state index in [1.54, 1.807) is 0 Å². The second-order valence-electron chi connectivity index (χ2n) is 5.33. The van der Waals surface area contributed by atoms with Gasteiger partial charge in [0.05, 0.1) is 13.2 Å². The van der Waals surface area contributed by atoms with Crippen molar-refractivity contribution in [2.45, 2.75) is 56.4 Å². The van der Waals surface area contributed by atoms with Crippen molar-refractivity contribution in [2.75, 3.05) is 7.11 Å². The number of methoxy groups -OCH3 is 1. The van der Waals surface area contributed by atoms with Gasteiger partial charge in [0.1, 0.15) is 6.29 Å². The Hall–Kier alpha value is -0.180. The average Bonchev–Trinajstić information content (AvgIpc) is 2.77. The molecule has 1 aliphatic carbocycles. The molecule has 0 bridgehead atoms. The molecule has 0 aromatic carbocycles. The molecule has 116 valence electrons. The third kappa shape index (κ3) is 5.31. The quantitative estimate of drug-likeness (QED) is 0.215. The Balaban J connectivity index is 2.20. The van der Waals surface area contributed by atoms with Gasteiger partial charge in [-0.25, -0.2) is 0 Å². The molecule has 0 heterocycles. The Bertz CT molecular complexity index is 314. The van der Waals surface area contributed by atoms with Crippen LogP contribution in [0.1, 0.15) is 44.9 Å². The van der Waals surface area contributed by atoms with E-state index in [2.05, 4.69) is 14.2 Å². The molecule has 0 aromatic heterocycles. The third-order valence-corrected chi connectivity index (χ3v) is 4.93. The maximum atomic E-state index is 11.2. The number of esters is 1. The molecular weight excluding hydrogens is 299 g/mol. The summed E-state index contributed by atoms with van der Waals surface area (Å²) in [6, 6.07) is 0. The van der Waals surface area contributed by atoms with Crippen LogP contribution >= 0.6 is 21.1 Å². The van der Waals surface area contributed by atoms with Crippen molar-refractivity contribution in [3.63, 3.8) is 0 Å². The zero-order chi connectivity index (χ0) is 15.0. The first-order valence-electron chi connectivity index (χ1n) is 7.15. The SMILES string of the molecule is COC(=O)CCCCCC[C@H]1C(Cl)CC(OP)C1C=O. The predicted octanol–water partition coefficient (Wildman–Crippen LogP) is 3.12. The van der Waals surface area contributed by atoms with Crippen molar-refractivity contribution in [2.24, 2.45) is 11.8 Å². The fourth-order valence-corrected chi connectivity index (χ4v) is 3.65. The van der Waals surface area contributed by atoms with Gasteiger partial charge >= 0.3 is 5.97 Å². The van der Waals surface area contributed by atoms with Gasteiger partial charge in [0, 0.05) is 27.2 Å². The third-order valence-electron chi connectivity index (χ3n) is 4.07. The summed E-state index contributed by atoms with van der Waals surface area (Å²) in [7, 11) is 3.64. The summed E-state index contributed by atoms with van der Waals surface area (Å²) in [5.74, 6) is -0.0338. The van der Waals surface area contributed by atoms with Crippen LogP contribution in [-0.2, 0) is 18.8 Å². The molecule has 5 atom stereocenters. The lowest BCUT2D eigenvalue weighted by Crippen LogP contribution is -2.22. The Morgan fingerprint density at radius 3 is 2.65 bits per heavy atom. The Morgan fingerprint density at radius 2 is 2.05 bits per heavy atom. The highest BCUT2D eigenvalue weighted by atomic mass is 35.5. The minimum Gasteiger partial charge on any atom is -0.469 e. The molecule has 1 fully saturated rings. The normalized spacial score (nSPS) is 29.4.